The molecule has 4 aromatic rings. The van der Waals surface area contributed by atoms with Crippen molar-refractivity contribution >= 4 is 17.2 Å². The van der Waals surface area contributed by atoms with Gasteiger partial charge in [-0.15, -0.1) is 10.2 Å². The summed E-state index contributed by atoms with van der Waals surface area (Å²) in [6, 6.07) is 10.0. The number of nitrogens with zero attached hydrogens (tertiary/aromatic N) is 6. The van der Waals surface area contributed by atoms with Crippen LogP contribution in [-0.4, -0.2) is 30.9 Å². The first-order valence-electron chi connectivity index (χ1n) is 9.15. The molecule has 0 amide bonds. The van der Waals surface area contributed by atoms with Crippen LogP contribution >= 0.6 is 0 Å². The van der Waals surface area contributed by atoms with Gasteiger partial charge in [0.05, 0.1) is 11.9 Å². The fourth-order valence-electron chi connectivity index (χ4n) is 3.18. The van der Waals surface area contributed by atoms with Gasteiger partial charge in [0.2, 0.25) is 0 Å². The second-order valence-corrected chi connectivity index (χ2v) is 6.60. The SMILES string of the molecule is CCCCc1oc2ccccc2c1/C=N\n1cnnc1-n1nc(C)cc1C. The molecule has 3 heterocycles. The van der Waals surface area contributed by atoms with Crippen molar-refractivity contribution < 1.29 is 4.42 Å². The van der Waals surface area contributed by atoms with Crippen molar-refractivity contribution in [3.8, 4) is 5.95 Å². The standard InChI is InChI=1S/C20H22N6O/c1-4-5-9-19-17(16-8-6-7-10-18(16)27-19)12-22-25-13-21-23-20(25)26-15(3)11-14(2)24-26/h6-8,10-13H,4-5,9H2,1-3H3/b22-12-. The molecule has 0 aliphatic heterocycles. The van der Waals surface area contributed by atoms with Crippen LogP contribution in [0.15, 0.2) is 46.2 Å². The van der Waals surface area contributed by atoms with E-state index in [4.69, 9.17) is 4.42 Å². The fraction of sp³-hybridized carbons (Fsp3) is 0.300. The van der Waals surface area contributed by atoms with Gasteiger partial charge in [0.25, 0.3) is 5.95 Å². The number of aryl methyl sites for hydroxylation is 3. The van der Waals surface area contributed by atoms with Crippen LogP contribution in [0.4, 0.5) is 0 Å². The Balaban J connectivity index is 1.74. The molecule has 7 nitrogen and oxygen atoms in total. The van der Waals surface area contributed by atoms with Gasteiger partial charge < -0.3 is 4.42 Å². The van der Waals surface area contributed by atoms with E-state index >= 15 is 0 Å². The molecule has 1 aromatic carbocycles. The highest BCUT2D eigenvalue weighted by Crippen LogP contribution is 2.26. The molecule has 0 atom stereocenters. The number of aromatic nitrogens is 5. The molecule has 0 N–H and O–H groups in total. The van der Waals surface area contributed by atoms with E-state index in [1.165, 1.54) is 0 Å². The molecule has 0 radical (unpaired) electrons. The predicted molar refractivity (Wildman–Crippen MR) is 104 cm³/mol. The van der Waals surface area contributed by atoms with Gasteiger partial charge >= 0.3 is 0 Å². The molecule has 0 unspecified atom stereocenters. The van der Waals surface area contributed by atoms with Crippen molar-refractivity contribution in [2.75, 3.05) is 0 Å². The van der Waals surface area contributed by atoms with Gasteiger partial charge in [-0.25, -0.2) is 4.68 Å². The number of para-hydroxylation sites is 1. The summed E-state index contributed by atoms with van der Waals surface area (Å²) in [4.78, 5) is 0. The van der Waals surface area contributed by atoms with Crippen LogP contribution < -0.4 is 0 Å². The molecule has 0 aliphatic carbocycles. The minimum absolute atomic E-state index is 0.555. The zero-order chi connectivity index (χ0) is 18.8. The monoisotopic (exact) mass is 362 g/mol. The van der Waals surface area contributed by atoms with E-state index in [0.717, 1.165) is 52.9 Å². The quantitative estimate of drug-likeness (QED) is 0.485. The summed E-state index contributed by atoms with van der Waals surface area (Å²) in [6.07, 6.45) is 6.48. The van der Waals surface area contributed by atoms with Crippen LogP contribution in [0, 0.1) is 13.8 Å². The third-order valence-electron chi connectivity index (χ3n) is 4.49. The van der Waals surface area contributed by atoms with E-state index in [-0.39, 0.29) is 0 Å². The summed E-state index contributed by atoms with van der Waals surface area (Å²) < 4.78 is 9.43. The summed E-state index contributed by atoms with van der Waals surface area (Å²) >= 11 is 0. The summed E-state index contributed by atoms with van der Waals surface area (Å²) in [7, 11) is 0. The Hall–Kier alpha value is -3.22. The van der Waals surface area contributed by atoms with Gasteiger partial charge in [-0.2, -0.15) is 14.9 Å². The van der Waals surface area contributed by atoms with Gasteiger partial charge in [0.1, 0.15) is 17.7 Å². The van der Waals surface area contributed by atoms with Crippen LogP contribution in [0.25, 0.3) is 16.9 Å². The Morgan fingerprint density at radius 3 is 2.85 bits per heavy atom. The topological polar surface area (TPSA) is 74.0 Å². The number of hydrogen-bond acceptors (Lipinski definition) is 5. The van der Waals surface area contributed by atoms with Crippen LogP contribution in [-0.2, 0) is 6.42 Å². The van der Waals surface area contributed by atoms with Crippen molar-refractivity contribution in [2.45, 2.75) is 40.0 Å². The predicted octanol–water partition coefficient (Wildman–Crippen LogP) is 4.05. The molecule has 3 aromatic heterocycles. The largest absolute Gasteiger partial charge is 0.460 e. The Morgan fingerprint density at radius 2 is 2.07 bits per heavy atom. The lowest BCUT2D eigenvalue weighted by Gasteiger charge is -2.02. The molecule has 0 saturated heterocycles. The molecule has 4 rings (SSSR count). The molecule has 7 heteroatoms. The number of fused-ring (bicyclic) bond motifs is 1. The van der Waals surface area contributed by atoms with E-state index in [2.05, 4.69) is 33.4 Å². The minimum Gasteiger partial charge on any atom is -0.460 e. The maximum atomic E-state index is 6.06. The summed E-state index contributed by atoms with van der Waals surface area (Å²) in [5.74, 6) is 1.52. The van der Waals surface area contributed by atoms with Crippen LogP contribution in [0.3, 0.4) is 0 Å². The maximum Gasteiger partial charge on any atom is 0.273 e. The van der Waals surface area contributed by atoms with E-state index in [9.17, 15) is 0 Å². The zero-order valence-electron chi connectivity index (χ0n) is 15.8. The number of hydrogen-bond donors (Lipinski definition) is 0. The Bertz CT molecular complexity index is 1100. The molecule has 0 bridgehead atoms. The second kappa shape index (κ2) is 7.19. The van der Waals surface area contributed by atoms with Gasteiger partial charge in [-0.05, 0) is 32.4 Å². The van der Waals surface area contributed by atoms with Crippen molar-refractivity contribution in [1.29, 1.82) is 0 Å². The van der Waals surface area contributed by atoms with Crippen LogP contribution in [0.1, 0.15) is 42.5 Å². The average molecular weight is 362 g/mol. The third-order valence-corrected chi connectivity index (χ3v) is 4.49. The molecule has 0 spiro atoms. The zero-order valence-corrected chi connectivity index (χ0v) is 15.8. The molecule has 138 valence electrons. The van der Waals surface area contributed by atoms with E-state index < -0.39 is 0 Å². The number of furan rings is 1. The smallest absolute Gasteiger partial charge is 0.273 e. The second-order valence-electron chi connectivity index (χ2n) is 6.60. The lowest BCUT2D eigenvalue weighted by molar-refractivity contribution is 0.536. The first-order chi connectivity index (χ1) is 13.2. The van der Waals surface area contributed by atoms with Gasteiger partial charge in [0.15, 0.2) is 0 Å². The molecule has 0 saturated carbocycles. The highest BCUT2D eigenvalue weighted by Gasteiger charge is 2.13. The molecular weight excluding hydrogens is 340 g/mol. The first kappa shape index (κ1) is 17.2. The number of unbranched alkanes of at least 4 members (excludes halogenated alkanes) is 1. The fourth-order valence-corrected chi connectivity index (χ4v) is 3.18. The van der Waals surface area contributed by atoms with Crippen molar-refractivity contribution in [3.05, 3.63) is 59.4 Å². The van der Waals surface area contributed by atoms with Gasteiger partial charge in [-0.3, -0.25) is 0 Å². The van der Waals surface area contributed by atoms with E-state index in [1.54, 1.807) is 15.7 Å². The summed E-state index contributed by atoms with van der Waals surface area (Å²) in [6.45, 7) is 6.11. The van der Waals surface area contributed by atoms with Crippen molar-refractivity contribution in [2.24, 2.45) is 5.10 Å². The summed E-state index contributed by atoms with van der Waals surface area (Å²) in [5, 5.41) is 18.3. The summed E-state index contributed by atoms with van der Waals surface area (Å²) in [5.41, 5.74) is 3.79. The highest BCUT2D eigenvalue weighted by atomic mass is 16.3. The van der Waals surface area contributed by atoms with Crippen LogP contribution in [0.2, 0.25) is 0 Å². The molecule has 27 heavy (non-hydrogen) atoms. The lowest BCUT2D eigenvalue weighted by atomic mass is 10.1. The van der Waals surface area contributed by atoms with Crippen LogP contribution in [0.5, 0.6) is 0 Å². The first-order valence-corrected chi connectivity index (χ1v) is 9.15. The van der Waals surface area contributed by atoms with Gasteiger partial charge in [-0.1, -0.05) is 31.5 Å². The van der Waals surface area contributed by atoms with E-state index in [1.807, 2.05) is 44.3 Å². The average Bonchev–Trinajstić information content (AvgIpc) is 3.34. The Kier molecular flexibility index (Phi) is 4.58. The molecule has 0 aliphatic rings. The molecule has 0 fully saturated rings. The Morgan fingerprint density at radius 1 is 1.22 bits per heavy atom. The maximum absolute atomic E-state index is 6.06. The minimum atomic E-state index is 0.555. The number of rotatable bonds is 6. The van der Waals surface area contributed by atoms with Gasteiger partial charge in [0, 0.05) is 23.1 Å². The van der Waals surface area contributed by atoms with Crippen molar-refractivity contribution in [1.82, 2.24) is 24.7 Å². The number of benzene rings is 1. The van der Waals surface area contributed by atoms with Crippen molar-refractivity contribution in [3.63, 3.8) is 0 Å². The highest BCUT2D eigenvalue weighted by molar-refractivity contribution is 5.99. The Labute approximate surface area is 157 Å². The lowest BCUT2D eigenvalue weighted by Crippen LogP contribution is -2.06. The third kappa shape index (κ3) is 3.28. The van der Waals surface area contributed by atoms with E-state index in [0.29, 0.717) is 5.95 Å². The molecular formula is C20H22N6O. The normalized spacial score (nSPS) is 11.8.